The lowest BCUT2D eigenvalue weighted by Gasteiger charge is -2.13. The van der Waals surface area contributed by atoms with Crippen LogP contribution >= 0.6 is 0 Å². The van der Waals surface area contributed by atoms with Crippen molar-refractivity contribution >= 4 is 0 Å². The quantitative estimate of drug-likeness (QED) is 0.136. The van der Waals surface area contributed by atoms with Gasteiger partial charge in [-0.15, -0.1) is 0 Å². The lowest BCUT2D eigenvalue weighted by molar-refractivity contribution is 0.640. The Hall–Kier alpha value is -2.67. The minimum Gasteiger partial charge on any atom is -0.207 e. The molecule has 0 aliphatic carbocycles. The maximum absolute atomic E-state index is 15.1. The standard InChI is InChI=1S/C36H53F/c1-11-17-20-29(8)25-36(37)34(16-6)27-33(18-12-2)24-30(9)23-32(15-5)26-35(19-13-3)31(10)22-21-28(7)14-4/h11-12,14,17-18,21,24-26H,2,4,13,15-16,19-20,22-23,27H2,1,3,5-10H3/b17-11-,28-21-,29-25-,30-24+,32-26+,33-18+,35-31-,36-34-. The summed E-state index contributed by atoms with van der Waals surface area (Å²) < 4.78 is 15.1. The molecule has 0 aliphatic rings. The van der Waals surface area contributed by atoms with Gasteiger partial charge in [-0.25, -0.2) is 4.39 Å². The van der Waals surface area contributed by atoms with Crippen LogP contribution in [0.2, 0.25) is 0 Å². The summed E-state index contributed by atoms with van der Waals surface area (Å²) >= 11 is 0. The van der Waals surface area contributed by atoms with E-state index in [1.807, 2.05) is 39.0 Å². The van der Waals surface area contributed by atoms with Crippen LogP contribution in [-0.2, 0) is 0 Å². The predicted octanol–water partition coefficient (Wildman–Crippen LogP) is 12.3. The van der Waals surface area contributed by atoms with E-state index in [1.54, 1.807) is 12.2 Å². The Morgan fingerprint density at radius 3 is 2.08 bits per heavy atom. The lowest BCUT2D eigenvalue weighted by Crippen LogP contribution is -1.93. The molecular formula is C36H53F. The molecule has 0 saturated heterocycles. The van der Waals surface area contributed by atoms with E-state index in [4.69, 9.17) is 0 Å². The van der Waals surface area contributed by atoms with Crippen molar-refractivity contribution < 1.29 is 4.39 Å². The fraction of sp³-hybridized carbons (Fsp3) is 0.444. The zero-order valence-electron chi connectivity index (χ0n) is 25.1. The van der Waals surface area contributed by atoms with Gasteiger partial charge >= 0.3 is 0 Å². The molecule has 1 heteroatoms. The minimum atomic E-state index is -0.106. The highest BCUT2D eigenvalue weighted by molar-refractivity contribution is 5.37. The van der Waals surface area contributed by atoms with E-state index in [0.717, 1.165) is 55.2 Å². The van der Waals surface area contributed by atoms with Crippen molar-refractivity contribution in [1.82, 2.24) is 0 Å². The highest BCUT2D eigenvalue weighted by atomic mass is 19.1. The number of hydrogen-bond acceptors (Lipinski definition) is 0. The van der Waals surface area contributed by atoms with Crippen LogP contribution in [0.1, 0.15) is 107 Å². The number of allylic oxidation sites excluding steroid dienone is 18. The summed E-state index contributed by atoms with van der Waals surface area (Å²) in [7, 11) is 0. The molecule has 37 heavy (non-hydrogen) atoms. The molecule has 0 aromatic heterocycles. The first-order valence-corrected chi connectivity index (χ1v) is 14.0. The van der Waals surface area contributed by atoms with Crippen LogP contribution in [-0.4, -0.2) is 0 Å². The van der Waals surface area contributed by atoms with Crippen molar-refractivity contribution in [2.24, 2.45) is 0 Å². The fourth-order valence-electron chi connectivity index (χ4n) is 4.07. The molecule has 0 aliphatic heterocycles. The molecule has 0 nitrogen and oxygen atoms in total. The Balaban J connectivity index is 5.97. The first kappa shape index (κ1) is 34.3. The summed E-state index contributed by atoms with van der Waals surface area (Å²) in [5, 5.41) is 0. The van der Waals surface area contributed by atoms with E-state index >= 15 is 4.39 Å². The van der Waals surface area contributed by atoms with Crippen molar-refractivity contribution in [3.8, 4) is 0 Å². The second-order valence-electron chi connectivity index (χ2n) is 9.96. The zero-order valence-corrected chi connectivity index (χ0v) is 25.1. The normalized spacial score (nSPS) is 15.6. The van der Waals surface area contributed by atoms with Gasteiger partial charge in [-0.3, -0.25) is 0 Å². The second-order valence-corrected chi connectivity index (χ2v) is 9.96. The highest BCUT2D eigenvalue weighted by Gasteiger charge is 2.08. The van der Waals surface area contributed by atoms with Gasteiger partial charge < -0.3 is 0 Å². The fourth-order valence-corrected chi connectivity index (χ4v) is 4.07. The van der Waals surface area contributed by atoms with Crippen LogP contribution in [0.4, 0.5) is 4.39 Å². The Kier molecular flexibility index (Phi) is 18.9. The van der Waals surface area contributed by atoms with E-state index in [9.17, 15) is 0 Å². The molecule has 0 radical (unpaired) electrons. The summed E-state index contributed by atoms with van der Waals surface area (Å²) in [5.74, 6) is -0.106. The molecule has 0 N–H and O–H groups in total. The maximum Gasteiger partial charge on any atom is 0.122 e. The molecule has 0 amide bonds. The van der Waals surface area contributed by atoms with Gasteiger partial charge in [0.05, 0.1) is 0 Å². The molecule has 0 aromatic rings. The molecule has 0 rings (SSSR count). The van der Waals surface area contributed by atoms with E-state index < -0.39 is 0 Å². The van der Waals surface area contributed by atoms with E-state index in [0.29, 0.717) is 12.8 Å². The summed E-state index contributed by atoms with van der Waals surface area (Å²) in [6.07, 6.45) is 25.5. The van der Waals surface area contributed by atoms with Crippen molar-refractivity contribution in [1.29, 1.82) is 0 Å². The molecule has 0 unspecified atom stereocenters. The second kappa shape index (κ2) is 20.4. The highest BCUT2D eigenvalue weighted by Crippen LogP contribution is 2.26. The van der Waals surface area contributed by atoms with Crippen molar-refractivity contribution in [3.63, 3.8) is 0 Å². The Bertz CT molecular complexity index is 980. The van der Waals surface area contributed by atoms with Crippen LogP contribution in [0.3, 0.4) is 0 Å². The molecular weight excluding hydrogens is 451 g/mol. The first-order valence-electron chi connectivity index (χ1n) is 14.0. The smallest absolute Gasteiger partial charge is 0.122 e. The summed E-state index contributed by atoms with van der Waals surface area (Å²) in [4.78, 5) is 0. The minimum absolute atomic E-state index is 0.106. The molecule has 204 valence electrons. The Morgan fingerprint density at radius 1 is 0.838 bits per heavy atom. The van der Waals surface area contributed by atoms with E-state index in [2.05, 4.69) is 72.1 Å². The molecule has 0 saturated carbocycles. The number of rotatable bonds is 17. The van der Waals surface area contributed by atoms with Gasteiger partial charge in [0.2, 0.25) is 0 Å². The molecule has 0 spiro atoms. The number of hydrogen-bond donors (Lipinski definition) is 0. The maximum atomic E-state index is 15.1. The van der Waals surface area contributed by atoms with Crippen LogP contribution in [0, 0.1) is 0 Å². The monoisotopic (exact) mass is 504 g/mol. The van der Waals surface area contributed by atoms with Gasteiger partial charge in [0.1, 0.15) is 5.83 Å². The van der Waals surface area contributed by atoms with Crippen LogP contribution in [0.5, 0.6) is 0 Å². The third-order valence-corrected chi connectivity index (χ3v) is 6.45. The van der Waals surface area contributed by atoms with Crippen molar-refractivity contribution in [3.05, 3.63) is 118 Å². The third-order valence-electron chi connectivity index (χ3n) is 6.45. The molecule has 0 aromatic carbocycles. The summed E-state index contributed by atoms with van der Waals surface area (Å²) in [6.45, 7) is 24.8. The molecule has 0 bridgehead atoms. The lowest BCUT2D eigenvalue weighted by atomic mass is 9.94. The van der Waals surface area contributed by atoms with Gasteiger partial charge in [0.25, 0.3) is 0 Å². The third kappa shape index (κ3) is 15.2. The zero-order chi connectivity index (χ0) is 28.2. The van der Waals surface area contributed by atoms with Crippen molar-refractivity contribution in [2.75, 3.05) is 0 Å². The van der Waals surface area contributed by atoms with Gasteiger partial charge in [0.15, 0.2) is 0 Å². The van der Waals surface area contributed by atoms with Gasteiger partial charge in [-0.1, -0.05) is 117 Å². The average molecular weight is 505 g/mol. The van der Waals surface area contributed by atoms with E-state index in [-0.39, 0.29) is 5.83 Å². The van der Waals surface area contributed by atoms with E-state index in [1.165, 1.54) is 27.9 Å². The van der Waals surface area contributed by atoms with Crippen LogP contribution in [0.25, 0.3) is 0 Å². The Morgan fingerprint density at radius 2 is 1.54 bits per heavy atom. The topological polar surface area (TPSA) is 0 Å². The van der Waals surface area contributed by atoms with Gasteiger partial charge in [-0.05, 0) is 102 Å². The molecule has 0 heterocycles. The SMILES string of the molecule is C=C/C=C(\C=C(/C)C/C(=C/C(CCC)=C(/C)C/C=C(/C)C=C)CC)C/C(CC)=C(F)/C=C(/C)C/C=C\C. The van der Waals surface area contributed by atoms with Crippen LogP contribution in [0.15, 0.2) is 118 Å². The summed E-state index contributed by atoms with van der Waals surface area (Å²) in [6, 6.07) is 0. The van der Waals surface area contributed by atoms with Gasteiger partial charge in [-0.2, -0.15) is 0 Å². The summed E-state index contributed by atoms with van der Waals surface area (Å²) in [5.41, 5.74) is 9.76. The predicted molar refractivity (Wildman–Crippen MR) is 167 cm³/mol. The Labute approximate surface area is 229 Å². The molecule has 0 atom stereocenters. The average Bonchev–Trinajstić information content (AvgIpc) is 2.87. The molecule has 0 fully saturated rings. The van der Waals surface area contributed by atoms with Crippen molar-refractivity contribution in [2.45, 2.75) is 107 Å². The van der Waals surface area contributed by atoms with Crippen LogP contribution < -0.4 is 0 Å². The number of halogens is 1. The largest absolute Gasteiger partial charge is 0.207 e. The van der Waals surface area contributed by atoms with Gasteiger partial charge in [0, 0.05) is 0 Å². The first-order chi connectivity index (χ1) is 17.6.